The molecule has 0 saturated carbocycles. The van der Waals surface area contributed by atoms with E-state index < -0.39 is 10.0 Å². The second kappa shape index (κ2) is 5.56. The lowest BCUT2D eigenvalue weighted by atomic mass is 9.99. The van der Waals surface area contributed by atoms with Crippen LogP contribution in [-0.2, 0) is 15.8 Å². The fourth-order valence-electron chi connectivity index (χ4n) is 2.46. The molecule has 2 unspecified atom stereocenters. The van der Waals surface area contributed by atoms with Crippen molar-refractivity contribution in [2.24, 2.45) is 11.7 Å². The first-order chi connectivity index (χ1) is 8.87. The van der Waals surface area contributed by atoms with Crippen molar-refractivity contribution >= 4 is 10.0 Å². The molecular weight excluding hydrogens is 267 g/mol. The zero-order valence-corrected chi connectivity index (χ0v) is 11.7. The average Bonchev–Trinajstić information content (AvgIpc) is 2.31. The molecule has 0 bridgehead atoms. The van der Waals surface area contributed by atoms with Crippen LogP contribution in [0.15, 0.2) is 24.3 Å². The molecular formula is C13H19FN2O2S. The Morgan fingerprint density at radius 1 is 1.32 bits per heavy atom. The molecule has 4 nitrogen and oxygen atoms in total. The summed E-state index contributed by atoms with van der Waals surface area (Å²) in [5.41, 5.74) is 6.46. The van der Waals surface area contributed by atoms with E-state index in [0.717, 1.165) is 6.42 Å². The number of rotatable bonds is 3. The molecule has 19 heavy (non-hydrogen) atoms. The number of sulfonamides is 1. The predicted molar refractivity (Wildman–Crippen MR) is 72.4 cm³/mol. The van der Waals surface area contributed by atoms with Gasteiger partial charge in [-0.2, -0.15) is 4.31 Å². The minimum atomic E-state index is -3.38. The molecule has 1 fully saturated rings. The van der Waals surface area contributed by atoms with Gasteiger partial charge in [-0.05, 0) is 30.0 Å². The van der Waals surface area contributed by atoms with E-state index in [4.69, 9.17) is 5.73 Å². The Balaban J connectivity index is 2.11. The van der Waals surface area contributed by atoms with Gasteiger partial charge in [-0.25, -0.2) is 12.8 Å². The number of hydrogen-bond acceptors (Lipinski definition) is 3. The van der Waals surface area contributed by atoms with Crippen molar-refractivity contribution in [3.8, 4) is 0 Å². The molecule has 106 valence electrons. The summed E-state index contributed by atoms with van der Waals surface area (Å²) in [5, 5.41) is 0. The second-order valence-corrected chi connectivity index (χ2v) is 7.27. The second-order valence-electron chi connectivity index (χ2n) is 5.30. The van der Waals surface area contributed by atoms with Gasteiger partial charge < -0.3 is 5.73 Å². The smallest absolute Gasteiger partial charge is 0.218 e. The Hall–Kier alpha value is -0.980. The van der Waals surface area contributed by atoms with Crippen molar-refractivity contribution in [2.45, 2.75) is 25.1 Å². The lowest BCUT2D eigenvalue weighted by Crippen LogP contribution is -2.49. The topological polar surface area (TPSA) is 63.4 Å². The first kappa shape index (κ1) is 14.4. The molecule has 0 radical (unpaired) electrons. The van der Waals surface area contributed by atoms with Crippen LogP contribution in [0.1, 0.15) is 18.9 Å². The van der Waals surface area contributed by atoms with Crippen molar-refractivity contribution in [1.29, 1.82) is 0 Å². The van der Waals surface area contributed by atoms with Gasteiger partial charge in [0.1, 0.15) is 5.82 Å². The third kappa shape index (κ3) is 3.75. The molecule has 1 heterocycles. The first-order valence-electron chi connectivity index (χ1n) is 6.34. The average molecular weight is 286 g/mol. The zero-order valence-electron chi connectivity index (χ0n) is 10.9. The zero-order chi connectivity index (χ0) is 14.0. The Morgan fingerprint density at radius 2 is 1.95 bits per heavy atom. The molecule has 1 aliphatic rings. The molecule has 1 saturated heterocycles. The third-order valence-corrected chi connectivity index (χ3v) is 5.10. The van der Waals surface area contributed by atoms with Gasteiger partial charge in [0.25, 0.3) is 0 Å². The maximum absolute atomic E-state index is 12.8. The van der Waals surface area contributed by atoms with Crippen LogP contribution < -0.4 is 5.73 Å². The van der Waals surface area contributed by atoms with E-state index in [9.17, 15) is 12.8 Å². The van der Waals surface area contributed by atoms with Crippen LogP contribution in [0.3, 0.4) is 0 Å². The van der Waals surface area contributed by atoms with Gasteiger partial charge >= 0.3 is 0 Å². The van der Waals surface area contributed by atoms with Gasteiger partial charge in [0.2, 0.25) is 10.0 Å². The summed E-state index contributed by atoms with van der Waals surface area (Å²) in [6.07, 6.45) is 0.850. The van der Waals surface area contributed by atoms with E-state index in [-0.39, 0.29) is 23.5 Å². The largest absolute Gasteiger partial charge is 0.326 e. The number of nitrogens with zero attached hydrogens (tertiary/aromatic N) is 1. The molecule has 2 atom stereocenters. The molecule has 0 aliphatic carbocycles. The fourth-order valence-corrected chi connectivity index (χ4v) is 4.16. The number of benzene rings is 1. The van der Waals surface area contributed by atoms with Crippen LogP contribution in [-0.4, -0.2) is 31.9 Å². The van der Waals surface area contributed by atoms with Gasteiger partial charge in [-0.1, -0.05) is 19.1 Å². The van der Waals surface area contributed by atoms with Gasteiger partial charge in [0, 0.05) is 19.1 Å². The van der Waals surface area contributed by atoms with Crippen LogP contribution >= 0.6 is 0 Å². The molecule has 0 amide bonds. The molecule has 1 aromatic carbocycles. The molecule has 1 aromatic rings. The number of hydrogen-bond donors (Lipinski definition) is 1. The highest BCUT2D eigenvalue weighted by molar-refractivity contribution is 7.88. The van der Waals surface area contributed by atoms with Gasteiger partial charge in [0.05, 0.1) is 5.75 Å². The van der Waals surface area contributed by atoms with E-state index >= 15 is 0 Å². The minimum Gasteiger partial charge on any atom is -0.326 e. The summed E-state index contributed by atoms with van der Waals surface area (Å²) in [6.45, 7) is 2.88. The van der Waals surface area contributed by atoms with Crippen LogP contribution in [0, 0.1) is 11.7 Å². The number of nitrogens with two attached hydrogens (primary N) is 1. The molecule has 2 N–H and O–H groups in total. The molecule has 0 aromatic heterocycles. The highest BCUT2D eigenvalue weighted by atomic mass is 32.2. The molecule has 0 spiro atoms. The maximum atomic E-state index is 12.8. The highest BCUT2D eigenvalue weighted by Gasteiger charge is 2.30. The Morgan fingerprint density at radius 3 is 2.53 bits per heavy atom. The van der Waals surface area contributed by atoms with Crippen molar-refractivity contribution in [2.75, 3.05) is 13.1 Å². The van der Waals surface area contributed by atoms with E-state index in [1.807, 2.05) is 6.92 Å². The Labute approximate surface area is 113 Å². The summed E-state index contributed by atoms with van der Waals surface area (Å²) >= 11 is 0. The first-order valence-corrected chi connectivity index (χ1v) is 7.95. The number of piperidine rings is 1. The lowest BCUT2D eigenvalue weighted by Gasteiger charge is -2.33. The van der Waals surface area contributed by atoms with Crippen molar-refractivity contribution in [3.05, 3.63) is 35.6 Å². The summed E-state index contributed by atoms with van der Waals surface area (Å²) < 4.78 is 38.9. The summed E-state index contributed by atoms with van der Waals surface area (Å²) in [6, 6.07) is 5.44. The van der Waals surface area contributed by atoms with E-state index in [1.165, 1.54) is 28.6 Å². The van der Waals surface area contributed by atoms with Crippen LogP contribution in [0.2, 0.25) is 0 Å². The van der Waals surface area contributed by atoms with Crippen molar-refractivity contribution < 1.29 is 12.8 Å². The van der Waals surface area contributed by atoms with E-state index in [1.54, 1.807) is 0 Å². The van der Waals surface area contributed by atoms with Crippen LogP contribution in [0.4, 0.5) is 4.39 Å². The lowest BCUT2D eigenvalue weighted by molar-refractivity contribution is 0.254. The molecule has 2 rings (SSSR count). The van der Waals surface area contributed by atoms with Gasteiger partial charge in [0.15, 0.2) is 0 Å². The van der Waals surface area contributed by atoms with Crippen molar-refractivity contribution in [1.82, 2.24) is 4.31 Å². The summed E-state index contributed by atoms with van der Waals surface area (Å²) in [4.78, 5) is 0. The summed E-state index contributed by atoms with van der Waals surface area (Å²) in [5.74, 6) is -0.200. The third-order valence-electron chi connectivity index (χ3n) is 3.31. The molecule has 6 heteroatoms. The van der Waals surface area contributed by atoms with Gasteiger partial charge in [-0.15, -0.1) is 0 Å². The SMILES string of the molecule is CC1CC(N)CN(S(=O)(=O)Cc2ccc(F)cc2)C1. The number of halogens is 1. The Kier molecular flexibility index (Phi) is 4.23. The summed E-state index contributed by atoms with van der Waals surface area (Å²) in [7, 11) is -3.38. The monoisotopic (exact) mass is 286 g/mol. The maximum Gasteiger partial charge on any atom is 0.218 e. The molecule has 1 aliphatic heterocycles. The van der Waals surface area contributed by atoms with E-state index in [2.05, 4.69) is 0 Å². The highest BCUT2D eigenvalue weighted by Crippen LogP contribution is 2.20. The standard InChI is InChI=1S/C13H19FN2O2S/c1-10-6-13(15)8-16(7-10)19(17,18)9-11-2-4-12(14)5-3-11/h2-5,10,13H,6-9,15H2,1H3. The normalized spacial score (nSPS) is 25.4. The Bertz CT molecular complexity index is 520. The quantitative estimate of drug-likeness (QED) is 0.911. The van der Waals surface area contributed by atoms with Crippen LogP contribution in [0.5, 0.6) is 0 Å². The van der Waals surface area contributed by atoms with Crippen molar-refractivity contribution in [3.63, 3.8) is 0 Å². The fraction of sp³-hybridized carbons (Fsp3) is 0.538. The van der Waals surface area contributed by atoms with Crippen LogP contribution in [0.25, 0.3) is 0 Å². The van der Waals surface area contributed by atoms with Gasteiger partial charge in [-0.3, -0.25) is 0 Å². The minimum absolute atomic E-state index is 0.104. The predicted octanol–water partition coefficient (Wildman–Crippen LogP) is 1.32. The van der Waals surface area contributed by atoms with E-state index in [0.29, 0.717) is 18.7 Å².